The average Bonchev–Trinajstić information content (AvgIpc) is 3.22. The molecule has 2 N–H and O–H groups in total. The van der Waals surface area contributed by atoms with Crippen molar-refractivity contribution in [3.05, 3.63) is 46.8 Å². The maximum Gasteiger partial charge on any atom is 0.150 e. The van der Waals surface area contributed by atoms with Gasteiger partial charge in [-0.2, -0.15) is 0 Å². The highest BCUT2D eigenvalue weighted by molar-refractivity contribution is 5.91. The number of rotatable bonds is 5. The Morgan fingerprint density at radius 3 is 2.70 bits per heavy atom. The molecule has 0 unspecified atom stereocenters. The molecular weight excluding hydrogens is 284 g/mol. The SMILES string of the molecule is CCCC1=CC(C)=C(c2ccc([C@@H]3C[C@]3(N)C(C)=O)cn2)CC1. The van der Waals surface area contributed by atoms with Crippen LogP contribution in [0.4, 0.5) is 0 Å². The molecule has 0 amide bonds. The Hall–Kier alpha value is -1.74. The molecule has 1 aromatic heterocycles. The Morgan fingerprint density at radius 1 is 1.39 bits per heavy atom. The predicted octanol–water partition coefficient (Wildman–Crippen LogP) is 4.15. The largest absolute Gasteiger partial charge is 0.318 e. The van der Waals surface area contributed by atoms with E-state index in [-0.39, 0.29) is 11.7 Å². The molecule has 2 aliphatic rings. The zero-order chi connectivity index (χ0) is 16.6. The summed E-state index contributed by atoms with van der Waals surface area (Å²) in [7, 11) is 0. The molecule has 0 spiro atoms. The molecule has 0 aliphatic heterocycles. The van der Waals surface area contributed by atoms with Crippen LogP contribution in [-0.4, -0.2) is 16.3 Å². The summed E-state index contributed by atoms with van der Waals surface area (Å²) in [5, 5.41) is 0. The van der Waals surface area contributed by atoms with E-state index in [1.165, 1.54) is 24.0 Å². The second-order valence-corrected chi connectivity index (χ2v) is 7.04. The molecule has 0 radical (unpaired) electrons. The number of allylic oxidation sites excluding steroid dienone is 4. The summed E-state index contributed by atoms with van der Waals surface area (Å²) in [6.45, 7) is 5.99. The van der Waals surface area contributed by atoms with Crippen molar-refractivity contribution in [3.63, 3.8) is 0 Å². The van der Waals surface area contributed by atoms with Crippen LogP contribution in [0, 0.1) is 0 Å². The number of hydrogen-bond donors (Lipinski definition) is 1. The van der Waals surface area contributed by atoms with E-state index in [1.54, 1.807) is 12.5 Å². The lowest BCUT2D eigenvalue weighted by atomic mass is 9.89. The van der Waals surface area contributed by atoms with Gasteiger partial charge in [0, 0.05) is 12.1 Å². The van der Waals surface area contributed by atoms with Gasteiger partial charge in [-0.1, -0.05) is 31.1 Å². The maximum atomic E-state index is 11.6. The van der Waals surface area contributed by atoms with E-state index < -0.39 is 5.54 Å². The van der Waals surface area contributed by atoms with Crippen molar-refractivity contribution in [3.8, 4) is 0 Å². The molecule has 2 atom stereocenters. The zero-order valence-electron chi connectivity index (χ0n) is 14.4. The van der Waals surface area contributed by atoms with Crippen LogP contribution in [0.3, 0.4) is 0 Å². The van der Waals surface area contributed by atoms with Gasteiger partial charge in [-0.3, -0.25) is 9.78 Å². The van der Waals surface area contributed by atoms with Crippen LogP contribution in [0.1, 0.15) is 70.1 Å². The van der Waals surface area contributed by atoms with E-state index in [9.17, 15) is 4.79 Å². The normalized spacial score (nSPS) is 27.0. The number of carbonyl (C=O) groups is 1. The van der Waals surface area contributed by atoms with E-state index >= 15 is 0 Å². The first-order chi connectivity index (χ1) is 11.0. The van der Waals surface area contributed by atoms with Gasteiger partial charge < -0.3 is 5.73 Å². The van der Waals surface area contributed by atoms with Gasteiger partial charge in [0.05, 0.1) is 11.2 Å². The highest BCUT2D eigenvalue weighted by Gasteiger charge is 2.55. The number of nitrogens with two attached hydrogens (primary N) is 1. The van der Waals surface area contributed by atoms with Crippen molar-refractivity contribution < 1.29 is 4.79 Å². The summed E-state index contributed by atoms with van der Waals surface area (Å²) in [5.41, 5.74) is 11.8. The number of Topliss-reactive ketones (excluding diaryl/α,β-unsaturated/α-hetero) is 1. The molecule has 1 saturated carbocycles. The van der Waals surface area contributed by atoms with Crippen molar-refractivity contribution >= 4 is 11.4 Å². The molecule has 1 fully saturated rings. The molecule has 122 valence electrons. The van der Waals surface area contributed by atoms with Crippen LogP contribution < -0.4 is 5.73 Å². The standard InChI is InChI=1S/C20H26N2O/c1-4-5-15-6-8-17(13(2)10-15)19-9-7-16(12-22-19)18-11-20(18,21)14(3)23/h7,9-10,12,18H,4-6,8,11,21H2,1-3H3/t18-,20-/m0/s1. The molecule has 3 nitrogen and oxygen atoms in total. The van der Waals surface area contributed by atoms with Gasteiger partial charge in [-0.15, -0.1) is 0 Å². The number of aromatic nitrogens is 1. The van der Waals surface area contributed by atoms with Gasteiger partial charge in [0.1, 0.15) is 5.78 Å². The van der Waals surface area contributed by atoms with E-state index in [0.717, 1.165) is 30.5 Å². The van der Waals surface area contributed by atoms with Gasteiger partial charge in [0.2, 0.25) is 0 Å². The lowest BCUT2D eigenvalue weighted by molar-refractivity contribution is -0.119. The predicted molar refractivity (Wildman–Crippen MR) is 94.0 cm³/mol. The Morgan fingerprint density at radius 2 is 2.17 bits per heavy atom. The Labute approximate surface area is 138 Å². The summed E-state index contributed by atoms with van der Waals surface area (Å²) in [5.74, 6) is 0.213. The van der Waals surface area contributed by atoms with Crippen molar-refractivity contribution in [2.45, 2.75) is 64.3 Å². The molecule has 0 saturated heterocycles. The van der Waals surface area contributed by atoms with Crippen LogP contribution in [0.15, 0.2) is 35.6 Å². The van der Waals surface area contributed by atoms with Crippen LogP contribution in [0.5, 0.6) is 0 Å². The van der Waals surface area contributed by atoms with Crippen molar-refractivity contribution in [2.24, 2.45) is 5.73 Å². The Bertz CT molecular complexity index is 684. The third-order valence-corrected chi connectivity index (χ3v) is 5.32. The minimum absolute atomic E-state index is 0.0750. The molecule has 2 aliphatic carbocycles. The fraction of sp³-hybridized carbons (Fsp3) is 0.500. The van der Waals surface area contributed by atoms with Gasteiger partial charge in [0.25, 0.3) is 0 Å². The van der Waals surface area contributed by atoms with Crippen LogP contribution in [-0.2, 0) is 4.79 Å². The van der Waals surface area contributed by atoms with E-state index in [1.807, 2.05) is 6.20 Å². The average molecular weight is 310 g/mol. The van der Waals surface area contributed by atoms with Crippen LogP contribution in [0.25, 0.3) is 5.57 Å². The molecule has 3 rings (SSSR count). The molecule has 3 heteroatoms. The van der Waals surface area contributed by atoms with E-state index in [4.69, 9.17) is 5.73 Å². The highest BCUT2D eigenvalue weighted by Crippen LogP contribution is 2.49. The molecule has 0 bridgehead atoms. The molecule has 23 heavy (non-hydrogen) atoms. The minimum atomic E-state index is -0.652. The van der Waals surface area contributed by atoms with E-state index in [2.05, 4.69) is 37.0 Å². The summed E-state index contributed by atoms with van der Waals surface area (Å²) in [6, 6.07) is 4.18. The molecule has 0 aromatic carbocycles. The van der Waals surface area contributed by atoms with Gasteiger partial charge in [0.15, 0.2) is 0 Å². The molecule has 1 aromatic rings. The summed E-state index contributed by atoms with van der Waals surface area (Å²) in [4.78, 5) is 16.2. The quantitative estimate of drug-likeness (QED) is 0.889. The summed E-state index contributed by atoms with van der Waals surface area (Å²) < 4.78 is 0. The van der Waals surface area contributed by atoms with E-state index in [0.29, 0.717) is 0 Å². The Kier molecular flexibility index (Phi) is 4.24. The summed E-state index contributed by atoms with van der Waals surface area (Å²) >= 11 is 0. The highest BCUT2D eigenvalue weighted by atomic mass is 16.1. The lowest BCUT2D eigenvalue weighted by Gasteiger charge is -2.18. The Balaban J connectivity index is 1.79. The van der Waals surface area contributed by atoms with Gasteiger partial charge in [-0.05, 0) is 62.3 Å². The van der Waals surface area contributed by atoms with Crippen molar-refractivity contribution in [1.29, 1.82) is 0 Å². The topological polar surface area (TPSA) is 56.0 Å². The monoisotopic (exact) mass is 310 g/mol. The first kappa shape index (κ1) is 16.1. The number of ketones is 1. The van der Waals surface area contributed by atoms with Gasteiger partial charge in [-0.25, -0.2) is 0 Å². The van der Waals surface area contributed by atoms with Gasteiger partial charge >= 0.3 is 0 Å². The van der Waals surface area contributed by atoms with Crippen molar-refractivity contribution in [1.82, 2.24) is 4.98 Å². The third kappa shape index (κ3) is 3.02. The molecular formula is C20H26N2O. The second-order valence-electron chi connectivity index (χ2n) is 7.04. The smallest absolute Gasteiger partial charge is 0.150 e. The summed E-state index contributed by atoms with van der Waals surface area (Å²) in [6.07, 6.45) is 9.60. The maximum absolute atomic E-state index is 11.6. The van der Waals surface area contributed by atoms with Crippen LogP contribution >= 0.6 is 0 Å². The number of nitrogens with zero attached hydrogens (tertiary/aromatic N) is 1. The number of pyridine rings is 1. The third-order valence-electron chi connectivity index (χ3n) is 5.32. The fourth-order valence-electron chi connectivity index (χ4n) is 3.67. The first-order valence-corrected chi connectivity index (χ1v) is 8.61. The zero-order valence-corrected chi connectivity index (χ0v) is 14.4. The minimum Gasteiger partial charge on any atom is -0.318 e. The van der Waals surface area contributed by atoms with Crippen molar-refractivity contribution in [2.75, 3.05) is 0 Å². The first-order valence-electron chi connectivity index (χ1n) is 8.61. The number of hydrogen-bond acceptors (Lipinski definition) is 3. The molecule has 1 heterocycles. The lowest BCUT2D eigenvalue weighted by Crippen LogP contribution is -2.32. The number of carbonyl (C=O) groups excluding carboxylic acids is 1. The van der Waals surface area contributed by atoms with Crippen LogP contribution in [0.2, 0.25) is 0 Å². The fourth-order valence-corrected chi connectivity index (χ4v) is 3.67. The second kappa shape index (κ2) is 6.04.